The summed E-state index contributed by atoms with van der Waals surface area (Å²) in [5.41, 5.74) is 1.27. The van der Waals surface area contributed by atoms with Gasteiger partial charge in [0, 0.05) is 24.4 Å². The number of oxazole rings is 1. The third-order valence-electron chi connectivity index (χ3n) is 5.62. The molecule has 1 amide bonds. The molecule has 1 saturated heterocycles. The number of carbonyl (C=O) groups is 2. The van der Waals surface area contributed by atoms with E-state index < -0.39 is 42.3 Å². The largest absolute Gasteiger partial charge is 0.490 e. The number of carbonyl (C=O) groups excluding carboxylic acids is 1. The molecular formula is C24H18F5N3O6. The molecule has 0 spiro atoms. The van der Waals surface area contributed by atoms with Crippen LogP contribution in [0.5, 0.6) is 5.88 Å². The standard InChI is InChI=1S/C22H17F2N3O4.C2HF3O2/c23-22(24)10-11-27(20(28)14-5-3-7-16-19(14)26-21(29)30-16)12-17(22)31-18-9-8-13-4-1-2-6-15(13)25-18;3-2(4,5)1(6)7/h1-9,17H,10-12H2,(H,26,29);(H,6,7)/t17-;/m0./s1. The molecule has 14 heteroatoms. The van der Waals surface area contributed by atoms with Crippen LogP contribution in [-0.2, 0) is 4.79 Å². The molecule has 1 atom stereocenters. The Bertz CT molecular complexity index is 1550. The summed E-state index contributed by atoms with van der Waals surface area (Å²) in [5, 5.41) is 7.99. The second-order valence-electron chi connectivity index (χ2n) is 8.21. The van der Waals surface area contributed by atoms with Gasteiger partial charge in [-0.15, -0.1) is 0 Å². The van der Waals surface area contributed by atoms with Crippen molar-refractivity contribution in [3.8, 4) is 5.88 Å². The molecule has 1 fully saturated rings. The van der Waals surface area contributed by atoms with Gasteiger partial charge in [0.15, 0.2) is 11.7 Å². The van der Waals surface area contributed by atoms with E-state index in [9.17, 15) is 31.5 Å². The smallest absolute Gasteiger partial charge is 0.475 e. The van der Waals surface area contributed by atoms with Gasteiger partial charge in [-0.05, 0) is 24.3 Å². The molecule has 2 aromatic heterocycles. The van der Waals surface area contributed by atoms with E-state index in [1.165, 1.54) is 17.0 Å². The first-order chi connectivity index (χ1) is 17.8. The average molecular weight is 539 g/mol. The molecule has 0 radical (unpaired) electrons. The summed E-state index contributed by atoms with van der Waals surface area (Å²) >= 11 is 0. The predicted octanol–water partition coefficient (Wildman–Crippen LogP) is 4.23. The summed E-state index contributed by atoms with van der Waals surface area (Å²) in [6.45, 7) is -0.464. The molecule has 2 N–H and O–H groups in total. The van der Waals surface area contributed by atoms with E-state index in [0.717, 1.165) is 5.39 Å². The van der Waals surface area contributed by atoms with Crippen molar-refractivity contribution in [2.75, 3.05) is 13.1 Å². The zero-order valence-corrected chi connectivity index (χ0v) is 19.2. The molecule has 5 rings (SSSR count). The molecule has 2 aromatic carbocycles. The van der Waals surface area contributed by atoms with E-state index in [4.69, 9.17) is 19.1 Å². The van der Waals surface area contributed by atoms with Crippen LogP contribution in [0.25, 0.3) is 22.0 Å². The molecule has 38 heavy (non-hydrogen) atoms. The average Bonchev–Trinajstić information content (AvgIpc) is 3.25. The molecule has 3 heterocycles. The number of nitrogens with one attached hydrogen (secondary N) is 1. The Hall–Kier alpha value is -4.49. The number of H-pyrrole nitrogens is 1. The van der Waals surface area contributed by atoms with E-state index in [0.29, 0.717) is 5.52 Å². The first-order valence-electron chi connectivity index (χ1n) is 11.0. The highest BCUT2D eigenvalue weighted by molar-refractivity contribution is 6.04. The van der Waals surface area contributed by atoms with Crippen LogP contribution < -0.4 is 10.5 Å². The second-order valence-corrected chi connectivity index (χ2v) is 8.21. The third-order valence-corrected chi connectivity index (χ3v) is 5.62. The number of likely N-dealkylation sites (tertiary alicyclic amines) is 1. The molecule has 0 aliphatic carbocycles. The van der Waals surface area contributed by atoms with Crippen molar-refractivity contribution in [1.82, 2.24) is 14.9 Å². The van der Waals surface area contributed by atoms with Gasteiger partial charge < -0.3 is 19.2 Å². The SMILES string of the molecule is O=C(O)C(F)(F)F.O=C(c1cccc2oc(=O)[nH]c12)N1CCC(F)(F)[C@@H](Oc2ccc3ccccc3n2)C1. The molecule has 200 valence electrons. The van der Waals surface area contributed by atoms with E-state index in [1.807, 2.05) is 12.1 Å². The maximum atomic E-state index is 14.6. The van der Waals surface area contributed by atoms with Crippen LogP contribution in [0, 0.1) is 0 Å². The Morgan fingerprint density at radius 2 is 1.82 bits per heavy atom. The number of hydrogen-bond donors (Lipinski definition) is 2. The van der Waals surface area contributed by atoms with Crippen LogP contribution in [0.4, 0.5) is 22.0 Å². The summed E-state index contributed by atoms with van der Waals surface area (Å²) in [4.78, 5) is 41.5. The number of halogens is 5. The van der Waals surface area contributed by atoms with Crippen LogP contribution >= 0.6 is 0 Å². The van der Waals surface area contributed by atoms with Gasteiger partial charge >= 0.3 is 17.9 Å². The maximum Gasteiger partial charge on any atom is 0.490 e. The van der Waals surface area contributed by atoms with Crippen molar-refractivity contribution in [1.29, 1.82) is 0 Å². The molecule has 1 aliphatic rings. The Labute approximate surface area is 209 Å². The van der Waals surface area contributed by atoms with Crippen LogP contribution in [0.3, 0.4) is 0 Å². The number of aliphatic carboxylic acids is 1. The fraction of sp³-hybridized carbons (Fsp3) is 0.250. The number of fused-ring (bicyclic) bond motifs is 2. The Morgan fingerprint density at radius 1 is 1.11 bits per heavy atom. The van der Waals surface area contributed by atoms with E-state index in [-0.39, 0.29) is 35.6 Å². The number of para-hydroxylation sites is 2. The lowest BCUT2D eigenvalue weighted by Crippen LogP contribution is -2.55. The van der Waals surface area contributed by atoms with Gasteiger partial charge in [0.2, 0.25) is 5.88 Å². The summed E-state index contributed by atoms with van der Waals surface area (Å²) in [7, 11) is 0. The maximum absolute atomic E-state index is 14.6. The van der Waals surface area contributed by atoms with Crippen molar-refractivity contribution in [3.05, 3.63) is 70.7 Å². The van der Waals surface area contributed by atoms with E-state index in [1.54, 1.807) is 30.3 Å². The fourth-order valence-electron chi connectivity index (χ4n) is 3.76. The van der Waals surface area contributed by atoms with Gasteiger partial charge in [-0.3, -0.25) is 9.78 Å². The Balaban J connectivity index is 0.000000426. The minimum atomic E-state index is -5.08. The highest BCUT2D eigenvalue weighted by Crippen LogP contribution is 2.33. The molecule has 0 bridgehead atoms. The van der Waals surface area contributed by atoms with Gasteiger partial charge in [0.25, 0.3) is 11.8 Å². The number of rotatable bonds is 3. The van der Waals surface area contributed by atoms with Gasteiger partial charge in [0.1, 0.15) is 0 Å². The monoisotopic (exact) mass is 539 g/mol. The van der Waals surface area contributed by atoms with Crippen LogP contribution in [0.1, 0.15) is 16.8 Å². The highest BCUT2D eigenvalue weighted by Gasteiger charge is 2.47. The first kappa shape index (κ1) is 26.6. The molecule has 9 nitrogen and oxygen atoms in total. The summed E-state index contributed by atoms with van der Waals surface area (Å²) < 4.78 is 71.5. The van der Waals surface area contributed by atoms with Crippen molar-refractivity contribution >= 4 is 33.9 Å². The van der Waals surface area contributed by atoms with Crippen molar-refractivity contribution in [2.24, 2.45) is 0 Å². The highest BCUT2D eigenvalue weighted by atomic mass is 19.4. The molecular weight excluding hydrogens is 521 g/mol. The number of aromatic nitrogens is 2. The molecule has 0 saturated carbocycles. The Kier molecular flexibility index (Phi) is 7.07. The molecule has 0 unspecified atom stereocenters. The minimum Gasteiger partial charge on any atom is -0.475 e. The number of amides is 1. The quantitative estimate of drug-likeness (QED) is 0.373. The number of piperidine rings is 1. The van der Waals surface area contributed by atoms with Crippen LogP contribution in [0.15, 0.2) is 63.8 Å². The minimum absolute atomic E-state index is 0.0685. The van der Waals surface area contributed by atoms with Crippen molar-refractivity contribution in [2.45, 2.75) is 24.6 Å². The fourth-order valence-corrected chi connectivity index (χ4v) is 3.76. The van der Waals surface area contributed by atoms with Gasteiger partial charge in [-0.25, -0.2) is 23.4 Å². The zero-order valence-electron chi connectivity index (χ0n) is 19.2. The molecule has 1 aliphatic heterocycles. The molecule has 4 aromatic rings. The summed E-state index contributed by atoms with van der Waals surface area (Å²) in [6.07, 6.45) is -7.18. The summed E-state index contributed by atoms with van der Waals surface area (Å²) in [5.74, 6) is -6.99. The topological polar surface area (TPSA) is 126 Å². The van der Waals surface area contributed by atoms with Crippen molar-refractivity contribution < 1.29 is 45.8 Å². The number of hydrogen-bond acceptors (Lipinski definition) is 6. The van der Waals surface area contributed by atoms with Crippen LogP contribution in [-0.4, -0.2) is 63.1 Å². The number of ether oxygens (including phenoxy) is 1. The zero-order chi connectivity index (χ0) is 27.7. The lowest BCUT2D eigenvalue weighted by Gasteiger charge is -2.38. The normalized spacial score (nSPS) is 17.1. The summed E-state index contributed by atoms with van der Waals surface area (Å²) in [6, 6.07) is 15.2. The predicted molar refractivity (Wildman–Crippen MR) is 122 cm³/mol. The van der Waals surface area contributed by atoms with E-state index in [2.05, 4.69) is 9.97 Å². The van der Waals surface area contributed by atoms with Gasteiger partial charge in [0.05, 0.1) is 23.1 Å². The van der Waals surface area contributed by atoms with Crippen molar-refractivity contribution in [3.63, 3.8) is 0 Å². The number of benzene rings is 2. The van der Waals surface area contributed by atoms with Gasteiger partial charge in [-0.1, -0.05) is 24.3 Å². The third kappa shape index (κ3) is 5.74. The Morgan fingerprint density at radius 3 is 2.53 bits per heavy atom. The first-order valence-corrected chi connectivity index (χ1v) is 11.0. The lowest BCUT2D eigenvalue weighted by molar-refractivity contribution is -0.192. The number of pyridine rings is 1. The van der Waals surface area contributed by atoms with Crippen LogP contribution in [0.2, 0.25) is 0 Å². The van der Waals surface area contributed by atoms with E-state index >= 15 is 0 Å². The number of carboxylic acid groups (broad SMARTS) is 1. The number of carboxylic acids is 1. The van der Waals surface area contributed by atoms with Gasteiger partial charge in [-0.2, -0.15) is 13.2 Å². The lowest BCUT2D eigenvalue weighted by atomic mass is 10.0. The number of aromatic amines is 1. The number of nitrogens with zero attached hydrogens (tertiary/aromatic N) is 2. The number of alkyl halides is 5. The second kappa shape index (κ2) is 10.1.